The average molecular weight is 795 g/mol. The Morgan fingerprint density at radius 3 is 2.23 bits per heavy atom. The summed E-state index contributed by atoms with van der Waals surface area (Å²) in [5.41, 5.74) is 1.93. The molecule has 2 aliphatic rings. The average Bonchev–Trinajstić information content (AvgIpc) is 3.43. The highest BCUT2D eigenvalue weighted by Gasteiger charge is 2.54. The number of benzene rings is 1. The van der Waals surface area contributed by atoms with Gasteiger partial charge in [0, 0.05) is 13.0 Å². The van der Waals surface area contributed by atoms with Crippen LogP contribution in [0.25, 0.3) is 10.4 Å². The van der Waals surface area contributed by atoms with Gasteiger partial charge in [0.25, 0.3) is 16.0 Å². The molecule has 15 heteroatoms. The Labute approximate surface area is 320 Å². The molecule has 11 nitrogen and oxygen atoms in total. The number of carbonyl (C=O) groups is 3. The van der Waals surface area contributed by atoms with E-state index in [-0.39, 0.29) is 43.4 Å². The van der Waals surface area contributed by atoms with E-state index in [1.54, 1.807) is 11.3 Å². The lowest BCUT2D eigenvalue weighted by atomic mass is 9.85. The Morgan fingerprint density at radius 2 is 1.70 bits per heavy atom. The second-order valence-electron chi connectivity index (χ2n) is 17.3. The number of carbonyl (C=O) groups excluding carboxylic acids is 3. The minimum absolute atomic E-state index is 0.0858. The summed E-state index contributed by atoms with van der Waals surface area (Å²) in [6, 6.07) is 5.65. The van der Waals surface area contributed by atoms with E-state index >= 15 is 0 Å². The Hall–Kier alpha value is -2.72. The Balaban J connectivity index is 1.61. The molecule has 2 heterocycles. The molecule has 2 aromatic rings. The van der Waals surface area contributed by atoms with Gasteiger partial charge in [0.15, 0.2) is 14.0 Å². The van der Waals surface area contributed by atoms with Crippen LogP contribution in [0.5, 0.6) is 0 Å². The number of hydrogen-bond acceptors (Lipinski definition) is 9. The maximum absolute atomic E-state index is 14.8. The molecule has 3 amide bonds. The van der Waals surface area contributed by atoms with Crippen molar-refractivity contribution in [2.45, 2.75) is 141 Å². The van der Waals surface area contributed by atoms with Gasteiger partial charge in [0.05, 0.1) is 41.1 Å². The number of halogens is 1. The van der Waals surface area contributed by atoms with Crippen LogP contribution in [0, 0.1) is 12.3 Å². The zero-order valence-corrected chi connectivity index (χ0v) is 35.6. The molecular weight excluding hydrogens is 736 g/mol. The van der Waals surface area contributed by atoms with Crippen molar-refractivity contribution in [1.29, 1.82) is 0 Å². The minimum atomic E-state index is -3.53. The van der Waals surface area contributed by atoms with Crippen LogP contribution in [0.3, 0.4) is 0 Å². The van der Waals surface area contributed by atoms with E-state index in [0.717, 1.165) is 28.0 Å². The van der Waals surface area contributed by atoms with Crippen LogP contribution in [-0.2, 0) is 33.1 Å². The Kier molecular flexibility index (Phi) is 13.4. The van der Waals surface area contributed by atoms with Crippen molar-refractivity contribution >= 4 is 47.5 Å². The van der Waals surface area contributed by atoms with E-state index < -0.39 is 65.6 Å². The zero-order chi connectivity index (χ0) is 39.6. The molecule has 4 atom stereocenters. The van der Waals surface area contributed by atoms with E-state index in [9.17, 15) is 27.2 Å². The summed E-state index contributed by atoms with van der Waals surface area (Å²) in [5.74, 6) is -1.57. The summed E-state index contributed by atoms with van der Waals surface area (Å²) in [4.78, 5) is 48.8. The van der Waals surface area contributed by atoms with E-state index in [1.807, 2.05) is 57.5 Å². The normalized spacial score (nSPS) is 20.2. The van der Waals surface area contributed by atoms with Crippen molar-refractivity contribution < 1.29 is 35.8 Å². The van der Waals surface area contributed by atoms with Crippen molar-refractivity contribution in [1.82, 2.24) is 20.5 Å². The monoisotopic (exact) mass is 794 g/mol. The minimum Gasteiger partial charge on any atom is -0.412 e. The van der Waals surface area contributed by atoms with Gasteiger partial charge in [0.2, 0.25) is 11.8 Å². The third-order valence-corrected chi connectivity index (χ3v) is 16.8. The molecule has 1 aliphatic heterocycles. The van der Waals surface area contributed by atoms with Crippen LogP contribution in [-0.4, -0.2) is 87.6 Å². The van der Waals surface area contributed by atoms with E-state index in [4.69, 9.17) is 8.61 Å². The number of aromatic nitrogens is 1. The van der Waals surface area contributed by atoms with Crippen molar-refractivity contribution in [3.05, 3.63) is 41.0 Å². The number of alkyl halides is 1. The van der Waals surface area contributed by atoms with Gasteiger partial charge in [-0.3, -0.25) is 18.6 Å². The second kappa shape index (κ2) is 16.6. The molecule has 1 saturated carbocycles. The molecule has 2 N–H and O–H groups in total. The lowest BCUT2D eigenvalue weighted by Gasteiger charge is -2.38. The largest absolute Gasteiger partial charge is 0.412 e. The lowest BCUT2D eigenvalue weighted by Crippen LogP contribution is -2.59. The predicted octanol–water partition coefficient (Wildman–Crippen LogP) is 6.84. The SMILES string of the molecule is Cc1ncsc1-c1ccc([C@H](CCCCCOS(C)(=O)=O)NC(=O)[C@@H]2C[C@@H](O[Si](C)(C)C(C)(C)C)CN2C(=O)[C@@H](NC(=O)C2(F)CC2)C(C)(C)C)cc1. The molecule has 53 heavy (non-hydrogen) atoms. The number of nitrogens with one attached hydrogen (secondary N) is 2. The van der Waals surface area contributed by atoms with Crippen molar-refractivity contribution in [3.63, 3.8) is 0 Å². The smallest absolute Gasteiger partial charge is 0.264 e. The summed E-state index contributed by atoms with van der Waals surface area (Å²) < 4.78 is 49.3. The third-order valence-electron chi connectivity index (χ3n) is 10.7. The van der Waals surface area contributed by atoms with Crippen LogP contribution in [0.15, 0.2) is 29.8 Å². The number of aryl methyl sites for hydroxylation is 1. The number of thiazole rings is 1. The molecule has 0 radical (unpaired) electrons. The fourth-order valence-corrected chi connectivity index (χ4v) is 8.84. The first kappa shape index (κ1) is 43.0. The topological polar surface area (TPSA) is 144 Å². The zero-order valence-electron chi connectivity index (χ0n) is 33.0. The van der Waals surface area contributed by atoms with E-state index in [1.165, 1.54) is 4.90 Å². The first-order valence-corrected chi connectivity index (χ1v) is 24.2. The highest BCUT2D eigenvalue weighted by molar-refractivity contribution is 7.85. The maximum atomic E-state index is 14.8. The number of hydrogen-bond donors (Lipinski definition) is 2. The van der Waals surface area contributed by atoms with Crippen molar-refractivity contribution in [3.8, 4) is 10.4 Å². The standard InChI is InChI=1S/C38H59FN4O7S2Si/c1-25-31(51-24-40-25)27-17-15-26(16-18-27)29(14-12-11-13-21-49-52(8,47)48)41-33(44)30-22-28(50-53(9,10)37(5,6)7)23-43(30)34(45)32(36(2,3)4)42-35(46)38(39)19-20-38/h15-18,24,28-30,32H,11-14,19-23H2,1-10H3,(H,41,44)(H,42,46)/t28-,29+,30+,32-/m1/s1. The molecule has 4 rings (SSSR count). The van der Waals surface area contributed by atoms with Gasteiger partial charge in [-0.2, -0.15) is 8.42 Å². The molecule has 1 aromatic heterocycles. The molecular formula is C38H59FN4O7S2Si. The number of amides is 3. The summed E-state index contributed by atoms with van der Waals surface area (Å²) in [7, 11) is -5.83. The molecule has 1 aromatic carbocycles. The van der Waals surface area contributed by atoms with Crippen molar-refractivity contribution in [2.75, 3.05) is 19.4 Å². The van der Waals surface area contributed by atoms with Gasteiger partial charge in [-0.1, -0.05) is 78.6 Å². The van der Waals surface area contributed by atoms with Gasteiger partial charge < -0.3 is 20.0 Å². The van der Waals surface area contributed by atoms with Crippen LogP contribution in [0.1, 0.15) is 104 Å². The first-order valence-electron chi connectivity index (χ1n) is 18.6. The molecule has 296 valence electrons. The van der Waals surface area contributed by atoms with E-state index in [0.29, 0.717) is 25.7 Å². The van der Waals surface area contributed by atoms with Gasteiger partial charge >= 0.3 is 0 Å². The van der Waals surface area contributed by atoms with Crippen LogP contribution >= 0.6 is 11.3 Å². The summed E-state index contributed by atoms with van der Waals surface area (Å²) in [6.45, 7) is 18.3. The lowest BCUT2D eigenvalue weighted by molar-refractivity contribution is -0.145. The Morgan fingerprint density at radius 1 is 1.06 bits per heavy atom. The second-order valence-corrected chi connectivity index (χ2v) is 24.6. The molecule has 1 aliphatic carbocycles. The van der Waals surface area contributed by atoms with Gasteiger partial charge in [-0.05, 0) is 67.3 Å². The summed E-state index contributed by atoms with van der Waals surface area (Å²) in [6.07, 6.45) is 3.61. The highest BCUT2D eigenvalue weighted by atomic mass is 32.2. The number of likely N-dealkylation sites (tertiary alicyclic amines) is 1. The van der Waals surface area contributed by atoms with Crippen molar-refractivity contribution in [2.24, 2.45) is 5.41 Å². The summed E-state index contributed by atoms with van der Waals surface area (Å²) >= 11 is 1.56. The van der Waals surface area contributed by atoms with Gasteiger partial charge in [0.1, 0.15) is 12.1 Å². The highest BCUT2D eigenvalue weighted by Crippen LogP contribution is 2.41. The van der Waals surface area contributed by atoms with Gasteiger partial charge in [-0.25, -0.2) is 9.37 Å². The van der Waals surface area contributed by atoms with E-state index in [2.05, 4.69) is 49.5 Å². The van der Waals surface area contributed by atoms with Gasteiger partial charge in [-0.15, -0.1) is 11.3 Å². The molecule has 0 bridgehead atoms. The molecule has 1 saturated heterocycles. The molecule has 2 fully saturated rings. The molecule has 0 unspecified atom stereocenters. The summed E-state index contributed by atoms with van der Waals surface area (Å²) in [5, 5.41) is 5.84. The fourth-order valence-electron chi connectivity index (χ4n) is 6.25. The van der Waals surface area contributed by atoms with Crippen LogP contribution in [0.4, 0.5) is 4.39 Å². The third kappa shape index (κ3) is 11.4. The number of unbranched alkanes of at least 4 members (excludes halogenated alkanes) is 2. The number of rotatable bonds is 16. The first-order chi connectivity index (χ1) is 24.4. The quantitative estimate of drug-likeness (QED) is 0.107. The fraction of sp³-hybridized carbons (Fsp3) is 0.684. The molecule has 0 spiro atoms. The number of nitrogens with zero attached hydrogens (tertiary/aromatic N) is 2. The maximum Gasteiger partial charge on any atom is 0.264 e. The predicted molar refractivity (Wildman–Crippen MR) is 209 cm³/mol. The van der Waals surface area contributed by atoms with Crippen LogP contribution in [0.2, 0.25) is 18.1 Å². The van der Waals surface area contributed by atoms with Crippen LogP contribution < -0.4 is 10.6 Å². The Bertz CT molecular complexity index is 1720.